The fourth-order valence-electron chi connectivity index (χ4n) is 0.653. The smallest absolute Gasteiger partial charge is 0.146 e. The number of Topliss-reactive ketones (excluding diaryl/α,β-unsaturated/α-hetero) is 1. The molecule has 0 aromatic rings. The van der Waals surface area contributed by atoms with E-state index >= 15 is 0 Å². The number of hydrogen-bond acceptors (Lipinski definition) is 3. The van der Waals surface area contributed by atoms with E-state index in [-0.39, 0.29) is 17.9 Å². The highest BCUT2D eigenvalue weighted by Crippen LogP contribution is 2.14. The van der Waals surface area contributed by atoms with Gasteiger partial charge in [-0.3, -0.25) is 4.79 Å². The van der Waals surface area contributed by atoms with Crippen LogP contribution in [0.5, 0.6) is 0 Å². The van der Waals surface area contributed by atoms with E-state index in [0.29, 0.717) is 6.42 Å². The molecule has 1 rings (SSSR count). The van der Waals surface area contributed by atoms with Gasteiger partial charge in [0.2, 0.25) is 0 Å². The second-order valence-corrected chi connectivity index (χ2v) is 2.41. The lowest BCUT2D eigenvalue weighted by molar-refractivity contribution is -0.118. The van der Waals surface area contributed by atoms with Crippen molar-refractivity contribution in [2.45, 2.75) is 25.5 Å². The van der Waals surface area contributed by atoms with Gasteiger partial charge >= 0.3 is 0 Å². The molecule has 0 aromatic heterocycles. The van der Waals surface area contributed by atoms with Crippen LogP contribution >= 0.6 is 0 Å². The zero-order valence-corrected chi connectivity index (χ0v) is 5.46. The van der Waals surface area contributed by atoms with Crippen molar-refractivity contribution in [2.75, 3.05) is 6.61 Å². The molecule has 0 aromatic carbocycles. The highest BCUT2D eigenvalue weighted by Gasteiger charge is 2.26. The van der Waals surface area contributed by atoms with Crippen LogP contribution in [0.4, 0.5) is 0 Å². The Morgan fingerprint density at radius 2 is 2.56 bits per heavy atom. The molecule has 9 heavy (non-hydrogen) atoms. The van der Waals surface area contributed by atoms with Crippen LogP contribution in [0, 0.1) is 0 Å². The Kier molecular flexibility index (Phi) is 1.83. The van der Waals surface area contributed by atoms with Crippen molar-refractivity contribution in [3.8, 4) is 0 Å². The first-order valence-corrected chi connectivity index (χ1v) is 3.08. The maximum atomic E-state index is 10.5. The molecule has 0 amide bonds. The van der Waals surface area contributed by atoms with Gasteiger partial charge in [0.25, 0.3) is 0 Å². The van der Waals surface area contributed by atoms with Crippen molar-refractivity contribution in [2.24, 2.45) is 5.73 Å². The molecule has 2 N–H and O–H groups in total. The largest absolute Gasteiger partial charge is 0.373 e. The molecular formula is C6H11NO2. The summed E-state index contributed by atoms with van der Waals surface area (Å²) >= 11 is 0. The lowest BCUT2D eigenvalue weighted by Crippen LogP contribution is -2.29. The predicted molar refractivity (Wildman–Crippen MR) is 33.0 cm³/mol. The standard InChI is InChI=1S/C6H11NO2/c1-4(8)6(7)2-5-3-9-5/h5-6H,2-3,7H2,1H3. The third kappa shape index (κ3) is 2.11. The van der Waals surface area contributed by atoms with Crippen LogP contribution < -0.4 is 5.73 Å². The average molecular weight is 129 g/mol. The van der Waals surface area contributed by atoms with Crippen molar-refractivity contribution in [1.82, 2.24) is 0 Å². The van der Waals surface area contributed by atoms with Crippen LogP contribution in [-0.4, -0.2) is 24.5 Å². The fourth-order valence-corrected chi connectivity index (χ4v) is 0.653. The summed E-state index contributed by atoms with van der Waals surface area (Å²) < 4.78 is 4.90. The molecule has 3 nitrogen and oxygen atoms in total. The number of rotatable bonds is 3. The normalized spacial score (nSPS) is 27.6. The number of carbonyl (C=O) groups is 1. The highest BCUT2D eigenvalue weighted by molar-refractivity contribution is 5.81. The molecule has 2 atom stereocenters. The molecule has 1 aliphatic rings. The van der Waals surface area contributed by atoms with Gasteiger partial charge < -0.3 is 10.5 Å². The van der Waals surface area contributed by atoms with Crippen molar-refractivity contribution in [3.63, 3.8) is 0 Å². The van der Waals surface area contributed by atoms with E-state index in [1.54, 1.807) is 0 Å². The SMILES string of the molecule is CC(=O)C(N)CC1CO1. The number of epoxide rings is 1. The van der Waals surface area contributed by atoms with E-state index in [1.807, 2.05) is 0 Å². The minimum absolute atomic E-state index is 0.0468. The molecule has 1 aliphatic heterocycles. The van der Waals surface area contributed by atoms with E-state index in [2.05, 4.69) is 0 Å². The Bertz CT molecular complexity index is 120. The van der Waals surface area contributed by atoms with E-state index in [4.69, 9.17) is 10.5 Å². The van der Waals surface area contributed by atoms with Crippen LogP contribution in [0.1, 0.15) is 13.3 Å². The first kappa shape index (κ1) is 6.71. The maximum Gasteiger partial charge on any atom is 0.146 e. The third-order valence-electron chi connectivity index (χ3n) is 1.44. The molecule has 0 radical (unpaired) electrons. The summed E-state index contributed by atoms with van der Waals surface area (Å²) in [5.74, 6) is 0.0468. The minimum Gasteiger partial charge on any atom is -0.373 e. The number of ketones is 1. The van der Waals surface area contributed by atoms with Gasteiger partial charge in [0, 0.05) is 0 Å². The van der Waals surface area contributed by atoms with E-state index in [0.717, 1.165) is 6.61 Å². The quantitative estimate of drug-likeness (QED) is 0.532. The highest BCUT2D eigenvalue weighted by atomic mass is 16.6. The zero-order valence-electron chi connectivity index (χ0n) is 5.46. The molecule has 1 saturated heterocycles. The van der Waals surface area contributed by atoms with Gasteiger partial charge in [0.15, 0.2) is 0 Å². The van der Waals surface area contributed by atoms with Crippen molar-refractivity contribution in [1.29, 1.82) is 0 Å². The predicted octanol–water partition coefficient (Wildman–Crippen LogP) is -0.308. The van der Waals surface area contributed by atoms with Gasteiger partial charge in [-0.05, 0) is 13.3 Å². The van der Waals surface area contributed by atoms with Gasteiger partial charge in [-0.1, -0.05) is 0 Å². The molecule has 2 unspecified atom stereocenters. The van der Waals surface area contributed by atoms with Crippen molar-refractivity contribution >= 4 is 5.78 Å². The molecule has 0 spiro atoms. The molecule has 0 bridgehead atoms. The zero-order chi connectivity index (χ0) is 6.85. The molecule has 1 heterocycles. The van der Waals surface area contributed by atoms with Crippen molar-refractivity contribution in [3.05, 3.63) is 0 Å². The number of nitrogens with two attached hydrogens (primary N) is 1. The Hall–Kier alpha value is -0.410. The lowest BCUT2D eigenvalue weighted by Gasteiger charge is -2.02. The van der Waals surface area contributed by atoms with E-state index in [1.165, 1.54) is 6.92 Å². The first-order chi connectivity index (χ1) is 4.20. The molecule has 0 saturated carbocycles. The van der Waals surface area contributed by atoms with Crippen LogP contribution in [0.25, 0.3) is 0 Å². The second kappa shape index (κ2) is 2.45. The van der Waals surface area contributed by atoms with Gasteiger partial charge in [0.05, 0.1) is 18.8 Å². The molecular weight excluding hydrogens is 118 g/mol. The van der Waals surface area contributed by atoms with Gasteiger partial charge in [-0.2, -0.15) is 0 Å². The van der Waals surface area contributed by atoms with Crippen LogP contribution in [0.2, 0.25) is 0 Å². The second-order valence-electron chi connectivity index (χ2n) is 2.41. The Balaban J connectivity index is 2.16. The topological polar surface area (TPSA) is 55.6 Å². The van der Waals surface area contributed by atoms with Crippen molar-refractivity contribution < 1.29 is 9.53 Å². The monoisotopic (exact) mass is 129 g/mol. The van der Waals surface area contributed by atoms with Crippen LogP contribution in [0.15, 0.2) is 0 Å². The Morgan fingerprint density at radius 1 is 2.00 bits per heavy atom. The summed E-state index contributed by atoms with van der Waals surface area (Å²) in [6.07, 6.45) is 0.957. The number of ether oxygens (including phenoxy) is 1. The minimum atomic E-state index is -0.308. The van der Waals surface area contributed by atoms with Gasteiger partial charge in [0.1, 0.15) is 5.78 Å². The lowest BCUT2D eigenvalue weighted by atomic mass is 10.1. The van der Waals surface area contributed by atoms with E-state index < -0.39 is 0 Å². The summed E-state index contributed by atoms with van der Waals surface area (Å²) in [7, 11) is 0. The summed E-state index contributed by atoms with van der Waals surface area (Å²) in [4.78, 5) is 10.5. The van der Waals surface area contributed by atoms with Crippen LogP contribution in [-0.2, 0) is 9.53 Å². The third-order valence-corrected chi connectivity index (χ3v) is 1.44. The molecule has 52 valence electrons. The first-order valence-electron chi connectivity index (χ1n) is 3.08. The molecule has 3 heteroatoms. The number of carbonyl (C=O) groups excluding carboxylic acids is 1. The Morgan fingerprint density at radius 3 is 2.89 bits per heavy atom. The maximum absolute atomic E-state index is 10.5. The van der Waals surface area contributed by atoms with Gasteiger partial charge in [-0.25, -0.2) is 0 Å². The summed E-state index contributed by atoms with van der Waals surface area (Å²) in [6, 6.07) is -0.308. The van der Waals surface area contributed by atoms with Gasteiger partial charge in [-0.15, -0.1) is 0 Å². The summed E-state index contributed by atoms with van der Waals surface area (Å²) in [6.45, 7) is 2.29. The average Bonchev–Trinajstić information content (AvgIpc) is 2.50. The number of hydrogen-bond donors (Lipinski definition) is 1. The Labute approximate surface area is 54.2 Å². The van der Waals surface area contributed by atoms with E-state index in [9.17, 15) is 4.79 Å². The van der Waals surface area contributed by atoms with Crippen LogP contribution in [0.3, 0.4) is 0 Å². The fraction of sp³-hybridized carbons (Fsp3) is 0.833. The summed E-state index contributed by atoms with van der Waals surface area (Å²) in [5.41, 5.74) is 5.43. The summed E-state index contributed by atoms with van der Waals surface area (Å²) in [5, 5.41) is 0. The molecule has 0 aliphatic carbocycles. The molecule has 1 fully saturated rings.